The Kier molecular flexibility index (Phi) is 5.43. The van der Waals surface area contributed by atoms with Gasteiger partial charge in [0.2, 0.25) is 0 Å². The van der Waals surface area contributed by atoms with Gasteiger partial charge in [-0.1, -0.05) is 36.4 Å². The van der Waals surface area contributed by atoms with E-state index in [-0.39, 0.29) is 17.3 Å². The van der Waals surface area contributed by atoms with E-state index < -0.39 is 10.8 Å². The average molecular weight is 455 g/mol. The highest BCUT2D eigenvalue weighted by molar-refractivity contribution is 5.97. The minimum atomic E-state index is -0.644. The van der Waals surface area contributed by atoms with Crippen LogP contribution in [0.25, 0.3) is 11.3 Å². The second-order valence-electron chi connectivity index (χ2n) is 7.87. The largest absolute Gasteiger partial charge is 0.457 e. The lowest BCUT2D eigenvalue weighted by molar-refractivity contribution is -0.385. The number of nitrogens with two attached hydrogens (primary N) is 1. The molecule has 170 valence electrons. The first-order chi connectivity index (χ1) is 16.5. The predicted octanol–water partition coefficient (Wildman–Crippen LogP) is 4.43. The number of benzene rings is 3. The smallest absolute Gasteiger partial charge is 0.273 e. The van der Waals surface area contributed by atoms with Crippen molar-refractivity contribution in [2.45, 2.75) is 12.3 Å². The number of ether oxygens (including phenoxy) is 1. The van der Waals surface area contributed by atoms with Crippen LogP contribution in [0.5, 0.6) is 11.5 Å². The summed E-state index contributed by atoms with van der Waals surface area (Å²) in [7, 11) is 0. The summed E-state index contributed by atoms with van der Waals surface area (Å²) in [5.74, 6) is 0.843. The van der Waals surface area contributed by atoms with Crippen LogP contribution in [0.3, 0.4) is 0 Å². The molecule has 5 rings (SSSR count). The Morgan fingerprint density at radius 2 is 1.71 bits per heavy atom. The lowest BCUT2D eigenvalue weighted by Crippen LogP contribution is -2.32. The van der Waals surface area contributed by atoms with Crippen LogP contribution in [0.15, 0.2) is 78.9 Å². The molecule has 1 aliphatic rings. The number of carbonyl (C=O) groups excluding carboxylic acids is 1. The fourth-order valence-electron chi connectivity index (χ4n) is 4.26. The Morgan fingerprint density at radius 3 is 2.41 bits per heavy atom. The molecule has 34 heavy (non-hydrogen) atoms. The van der Waals surface area contributed by atoms with Gasteiger partial charge in [-0.3, -0.25) is 14.9 Å². The number of hydrogen-bond acceptors (Lipinski definition) is 6. The van der Waals surface area contributed by atoms with Crippen molar-refractivity contribution in [3.8, 4) is 22.8 Å². The van der Waals surface area contributed by atoms with Crippen LogP contribution < -0.4 is 15.9 Å². The number of primary amides is 1. The quantitative estimate of drug-likeness (QED) is 0.327. The van der Waals surface area contributed by atoms with Gasteiger partial charge < -0.3 is 15.9 Å². The van der Waals surface area contributed by atoms with Crippen LogP contribution in [-0.2, 0) is 0 Å². The summed E-state index contributed by atoms with van der Waals surface area (Å²) < 4.78 is 7.41. The number of fused-ring (bicyclic) bond motifs is 1. The Bertz CT molecular complexity index is 1370. The van der Waals surface area contributed by atoms with E-state index in [1.807, 2.05) is 30.3 Å². The Balaban J connectivity index is 1.55. The molecule has 0 fully saturated rings. The van der Waals surface area contributed by atoms with Gasteiger partial charge in [0, 0.05) is 23.7 Å². The van der Waals surface area contributed by atoms with E-state index in [1.165, 1.54) is 6.07 Å². The molecule has 9 nitrogen and oxygen atoms in total. The highest BCUT2D eigenvalue weighted by Crippen LogP contribution is 2.38. The van der Waals surface area contributed by atoms with Gasteiger partial charge in [0.25, 0.3) is 11.6 Å². The molecule has 0 saturated carbocycles. The van der Waals surface area contributed by atoms with Gasteiger partial charge in [-0.05, 0) is 42.8 Å². The van der Waals surface area contributed by atoms with Gasteiger partial charge in [0.05, 0.1) is 10.8 Å². The summed E-state index contributed by atoms with van der Waals surface area (Å²) in [6.07, 6.45) is 0.587. The summed E-state index contributed by atoms with van der Waals surface area (Å²) in [5, 5.41) is 11.6. The van der Waals surface area contributed by atoms with Gasteiger partial charge in [0.1, 0.15) is 23.0 Å². The molecule has 1 aromatic heterocycles. The van der Waals surface area contributed by atoms with E-state index in [2.05, 4.69) is 5.43 Å². The fraction of sp³-hybridized carbons (Fsp3) is 0.120. The maximum Gasteiger partial charge on any atom is 0.273 e. The molecule has 1 atom stereocenters. The third-order valence-electron chi connectivity index (χ3n) is 5.77. The Labute approximate surface area is 194 Å². The zero-order valence-electron chi connectivity index (χ0n) is 18.0. The minimum absolute atomic E-state index is 0.0218. The predicted molar refractivity (Wildman–Crippen MR) is 126 cm³/mol. The molecule has 1 amide bonds. The molecule has 0 radical (unpaired) electrons. The third kappa shape index (κ3) is 3.83. The van der Waals surface area contributed by atoms with Crippen molar-refractivity contribution >= 4 is 11.6 Å². The molecule has 0 aliphatic carbocycles. The number of nitro groups is 1. The van der Waals surface area contributed by atoms with Crippen molar-refractivity contribution < 1.29 is 14.5 Å². The van der Waals surface area contributed by atoms with E-state index in [1.54, 1.807) is 47.1 Å². The van der Waals surface area contributed by atoms with Gasteiger partial charge in [-0.25, -0.2) is 9.66 Å². The van der Waals surface area contributed by atoms with Crippen molar-refractivity contribution in [3.05, 3.63) is 106 Å². The van der Waals surface area contributed by atoms with E-state index in [0.717, 1.165) is 0 Å². The first-order valence-corrected chi connectivity index (χ1v) is 10.8. The number of carbonyl (C=O) groups is 1. The topological polar surface area (TPSA) is 125 Å². The van der Waals surface area contributed by atoms with E-state index in [9.17, 15) is 14.9 Å². The molecular formula is C25H21N5O4. The summed E-state index contributed by atoms with van der Waals surface area (Å²) in [6, 6.07) is 23.2. The average Bonchev–Trinajstić information content (AvgIpc) is 3.25. The lowest BCUT2D eigenvalue weighted by Gasteiger charge is -2.25. The van der Waals surface area contributed by atoms with Crippen molar-refractivity contribution in [2.24, 2.45) is 5.73 Å². The minimum Gasteiger partial charge on any atom is -0.457 e. The van der Waals surface area contributed by atoms with Gasteiger partial charge in [-0.2, -0.15) is 0 Å². The van der Waals surface area contributed by atoms with Crippen molar-refractivity contribution in [1.29, 1.82) is 0 Å². The number of nitro benzene ring substituents is 1. The van der Waals surface area contributed by atoms with Gasteiger partial charge >= 0.3 is 0 Å². The highest BCUT2D eigenvalue weighted by Gasteiger charge is 2.33. The van der Waals surface area contributed by atoms with Crippen molar-refractivity contribution in [3.63, 3.8) is 0 Å². The molecule has 0 saturated heterocycles. The molecule has 2 heterocycles. The zero-order valence-corrected chi connectivity index (χ0v) is 18.0. The van der Waals surface area contributed by atoms with Crippen LogP contribution in [0.2, 0.25) is 0 Å². The van der Waals surface area contributed by atoms with Crippen LogP contribution in [0, 0.1) is 10.1 Å². The Morgan fingerprint density at radius 1 is 1.03 bits per heavy atom. The maximum absolute atomic E-state index is 12.4. The molecule has 3 aromatic carbocycles. The number of hydrogen-bond donors (Lipinski definition) is 2. The normalized spacial score (nSPS) is 14.6. The molecule has 9 heteroatoms. The first kappa shape index (κ1) is 21.2. The first-order valence-electron chi connectivity index (χ1n) is 10.8. The standard InChI is InChI=1S/C25H21N5O4/c26-24(31)23-22(16-10-12-18(13-11-16)34-17-6-2-1-3-7-17)28-25-20(14-15-27-29(23)25)19-8-4-5-9-21(19)30(32)33/h1-13,20,27H,14-15H2,(H2,26,31). The van der Waals surface area contributed by atoms with Crippen LogP contribution in [0.1, 0.15) is 34.2 Å². The number of nitrogens with one attached hydrogen (secondary N) is 1. The summed E-state index contributed by atoms with van der Waals surface area (Å²) in [5.41, 5.74) is 10.8. The summed E-state index contributed by atoms with van der Waals surface area (Å²) >= 11 is 0. The molecule has 1 aliphatic heterocycles. The number of amides is 1. The SMILES string of the molecule is NC(=O)c1c(-c2ccc(Oc3ccccc3)cc2)nc2n1NCCC2c1ccccc1[N+](=O)[O-]. The summed E-state index contributed by atoms with van der Waals surface area (Å²) in [4.78, 5) is 28.4. The van der Waals surface area contributed by atoms with Gasteiger partial charge in [0.15, 0.2) is 5.69 Å². The fourth-order valence-corrected chi connectivity index (χ4v) is 4.26. The number of aromatic nitrogens is 2. The molecule has 4 aromatic rings. The zero-order chi connectivity index (χ0) is 23.7. The van der Waals surface area contributed by atoms with E-state index >= 15 is 0 Å². The maximum atomic E-state index is 12.4. The van der Waals surface area contributed by atoms with Crippen LogP contribution in [0.4, 0.5) is 5.69 Å². The third-order valence-corrected chi connectivity index (χ3v) is 5.77. The van der Waals surface area contributed by atoms with Crippen LogP contribution >= 0.6 is 0 Å². The molecule has 0 bridgehead atoms. The van der Waals surface area contributed by atoms with Gasteiger partial charge in [-0.15, -0.1) is 0 Å². The number of para-hydroxylation sites is 2. The second kappa shape index (κ2) is 8.70. The Hall–Kier alpha value is -4.66. The van der Waals surface area contributed by atoms with Crippen molar-refractivity contribution in [1.82, 2.24) is 9.66 Å². The molecular weight excluding hydrogens is 434 g/mol. The van der Waals surface area contributed by atoms with E-state index in [4.69, 9.17) is 15.5 Å². The summed E-state index contributed by atoms with van der Waals surface area (Å²) in [6.45, 7) is 0.504. The molecule has 3 N–H and O–H groups in total. The number of rotatable bonds is 6. The highest BCUT2D eigenvalue weighted by atomic mass is 16.6. The monoisotopic (exact) mass is 455 g/mol. The van der Waals surface area contributed by atoms with Crippen LogP contribution in [-0.4, -0.2) is 27.0 Å². The number of imidazole rings is 1. The number of nitrogens with zero attached hydrogens (tertiary/aromatic N) is 3. The molecule has 0 spiro atoms. The second-order valence-corrected chi connectivity index (χ2v) is 7.87. The molecule has 1 unspecified atom stereocenters. The lowest BCUT2D eigenvalue weighted by atomic mass is 9.92. The van der Waals surface area contributed by atoms with Crippen molar-refractivity contribution in [2.75, 3.05) is 12.0 Å². The van der Waals surface area contributed by atoms with E-state index in [0.29, 0.717) is 47.1 Å².